The van der Waals surface area contributed by atoms with Crippen molar-refractivity contribution in [2.45, 2.75) is 59.3 Å². The summed E-state index contributed by atoms with van der Waals surface area (Å²) in [5, 5.41) is 0. The van der Waals surface area contributed by atoms with Crippen LogP contribution in [0.4, 0.5) is 5.95 Å². The number of anilines is 1. The molecule has 0 aliphatic carbocycles. The van der Waals surface area contributed by atoms with E-state index in [1.807, 2.05) is 12.4 Å². The van der Waals surface area contributed by atoms with E-state index in [2.05, 4.69) is 35.6 Å². The van der Waals surface area contributed by atoms with Crippen molar-refractivity contribution in [3.8, 4) is 0 Å². The molecule has 0 saturated carbocycles. The molecule has 0 spiro atoms. The third-order valence-electron chi connectivity index (χ3n) is 3.08. The largest absolute Gasteiger partial charge is 0.341 e. The summed E-state index contributed by atoms with van der Waals surface area (Å²) in [5.74, 6) is 0.900. The molecule has 0 radical (unpaired) electrons. The van der Waals surface area contributed by atoms with E-state index in [-0.39, 0.29) is 0 Å². The molecule has 3 heteroatoms. The van der Waals surface area contributed by atoms with E-state index in [4.69, 9.17) is 0 Å². The van der Waals surface area contributed by atoms with Gasteiger partial charge >= 0.3 is 0 Å². The summed E-state index contributed by atoms with van der Waals surface area (Å²) < 4.78 is 0. The maximum Gasteiger partial charge on any atom is 0.225 e. The molecule has 0 aliphatic heterocycles. The van der Waals surface area contributed by atoms with Gasteiger partial charge in [-0.1, -0.05) is 40.0 Å². The van der Waals surface area contributed by atoms with Crippen molar-refractivity contribution in [2.24, 2.45) is 0 Å². The van der Waals surface area contributed by atoms with Crippen LogP contribution in [0, 0.1) is 0 Å². The van der Waals surface area contributed by atoms with Crippen LogP contribution in [0.2, 0.25) is 0 Å². The van der Waals surface area contributed by atoms with Crippen LogP contribution in [-0.2, 0) is 6.42 Å². The van der Waals surface area contributed by atoms with Crippen molar-refractivity contribution in [2.75, 3.05) is 18.0 Å². The SMILES string of the molecule is CCCCN(CCCC)c1ncc(CCC)cn1. The summed E-state index contributed by atoms with van der Waals surface area (Å²) in [6.07, 6.45) is 11.1. The number of hydrogen-bond donors (Lipinski definition) is 0. The minimum atomic E-state index is 0.900. The van der Waals surface area contributed by atoms with E-state index >= 15 is 0 Å². The van der Waals surface area contributed by atoms with Crippen molar-refractivity contribution in [3.05, 3.63) is 18.0 Å². The Kier molecular flexibility index (Phi) is 7.38. The molecule has 1 aromatic rings. The number of aryl methyl sites for hydroxylation is 1. The number of unbranched alkanes of at least 4 members (excludes halogenated alkanes) is 2. The van der Waals surface area contributed by atoms with Gasteiger partial charge in [0.05, 0.1) is 0 Å². The standard InChI is InChI=1S/C15H27N3/c1-4-7-10-18(11-8-5-2)15-16-12-14(9-6-3)13-17-15/h12-13H,4-11H2,1-3H3. The molecule has 102 valence electrons. The predicted molar refractivity (Wildman–Crippen MR) is 78.1 cm³/mol. The summed E-state index contributed by atoms with van der Waals surface area (Å²) in [7, 11) is 0. The highest BCUT2D eigenvalue weighted by atomic mass is 15.2. The van der Waals surface area contributed by atoms with Gasteiger partial charge in [0.25, 0.3) is 0 Å². The van der Waals surface area contributed by atoms with Gasteiger partial charge in [-0.3, -0.25) is 0 Å². The zero-order chi connectivity index (χ0) is 13.2. The summed E-state index contributed by atoms with van der Waals surface area (Å²) in [5.41, 5.74) is 1.24. The van der Waals surface area contributed by atoms with E-state index in [0.29, 0.717) is 0 Å². The molecule has 1 aromatic heterocycles. The van der Waals surface area contributed by atoms with Crippen molar-refractivity contribution in [1.29, 1.82) is 0 Å². The monoisotopic (exact) mass is 249 g/mol. The molecule has 0 aromatic carbocycles. The van der Waals surface area contributed by atoms with Gasteiger partial charge in [-0.05, 0) is 24.8 Å². The van der Waals surface area contributed by atoms with Crippen molar-refractivity contribution >= 4 is 5.95 Å². The lowest BCUT2D eigenvalue weighted by Gasteiger charge is -2.22. The second kappa shape index (κ2) is 8.90. The van der Waals surface area contributed by atoms with Crippen LogP contribution in [-0.4, -0.2) is 23.1 Å². The number of nitrogens with zero attached hydrogens (tertiary/aromatic N) is 3. The van der Waals surface area contributed by atoms with Gasteiger partial charge < -0.3 is 4.90 Å². The van der Waals surface area contributed by atoms with E-state index in [1.54, 1.807) is 0 Å². The fraction of sp³-hybridized carbons (Fsp3) is 0.733. The normalized spacial score (nSPS) is 10.6. The smallest absolute Gasteiger partial charge is 0.225 e. The highest BCUT2D eigenvalue weighted by Gasteiger charge is 2.08. The van der Waals surface area contributed by atoms with E-state index in [1.165, 1.54) is 31.2 Å². The molecule has 3 nitrogen and oxygen atoms in total. The molecular formula is C15H27N3. The van der Waals surface area contributed by atoms with Gasteiger partial charge in [0.2, 0.25) is 5.95 Å². The van der Waals surface area contributed by atoms with Crippen LogP contribution in [0.25, 0.3) is 0 Å². The van der Waals surface area contributed by atoms with E-state index in [9.17, 15) is 0 Å². The average Bonchev–Trinajstić information content (AvgIpc) is 2.41. The van der Waals surface area contributed by atoms with E-state index < -0.39 is 0 Å². The van der Waals surface area contributed by atoms with Gasteiger partial charge in [0.15, 0.2) is 0 Å². The van der Waals surface area contributed by atoms with Crippen molar-refractivity contribution in [1.82, 2.24) is 9.97 Å². The molecule has 18 heavy (non-hydrogen) atoms. The average molecular weight is 249 g/mol. The van der Waals surface area contributed by atoms with Crippen LogP contribution in [0.3, 0.4) is 0 Å². The Bertz CT molecular complexity index is 300. The first kappa shape index (κ1) is 14.9. The molecule has 1 heterocycles. The molecule has 0 aliphatic rings. The quantitative estimate of drug-likeness (QED) is 0.666. The third-order valence-corrected chi connectivity index (χ3v) is 3.08. The number of hydrogen-bond acceptors (Lipinski definition) is 3. The Morgan fingerprint density at radius 2 is 1.44 bits per heavy atom. The van der Waals surface area contributed by atoms with Crippen molar-refractivity contribution < 1.29 is 0 Å². The van der Waals surface area contributed by atoms with Gasteiger partial charge in [0, 0.05) is 25.5 Å². The van der Waals surface area contributed by atoms with Crippen molar-refractivity contribution in [3.63, 3.8) is 0 Å². The molecule has 0 N–H and O–H groups in total. The minimum absolute atomic E-state index is 0.900. The summed E-state index contributed by atoms with van der Waals surface area (Å²) in [6, 6.07) is 0. The Labute approximate surface area is 112 Å². The third kappa shape index (κ3) is 5.03. The first-order valence-electron chi connectivity index (χ1n) is 7.37. The van der Waals surface area contributed by atoms with Crippen LogP contribution in [0.15, 0.2) is 12.4 Å². The Balaban J connectivity index is 2.64. The topological polar surface area (TPSA) is 29.0 Å². The summed E-state index contributed by atoms with van der Waals surface area (Å²) in [4.78, 5) is 11.4. The summed E-state index contributed by atoms with van der Waals surface area (Å²) >= 11 is 0. The zero-order valence-corrected chi connectivity index (χ0v) is 12.2. The first-order chi connectivity index (χ1) is 8.81. The molecule has 0 amide bonds. The maximum atomic E-state index is 4.52. The molecule has 0 unspecified atom stereocenters. The fourth-order valence-corrected chi connectivity index (χ4v) is 1.94. The molecule has 0 atom stereocenters. The summed E-state index contributed by atoms with van der Waals surface area (Å²) in [6.45, 7) is 8.78. The van der Waals surface area contributed by atoms with Gasteiger partial charge in [-0.25, -0.2) is 9.97 Å². The Morgan fingerprint density at radius 3 is 1.89 bits per heavy atom. The Hall–Kier alpha value is -1.12. The minimum Gasteiger partial charge on any atom is -0.341 e. The molecule has 0 bridgehead atoms. The van der Waals surface area contributed by atoms with E-state index in [0.717, 1.165) is 31.9 Å². The second-order valence-electron chi connectivity index (χ2n) is 4.84. The first-order valence-corrected chi connectivity index (χ1v) is 7.37. The highest BCUT2D eigenvalue weighted by molar-refractivity contribution is 5.29. The predicted octanol–water partition coefficient (Wildman–Crippen LogP) is 3.84. The molecular weight excluding hydrogens is 222 g/mol. The number of rotatable bonds is 9. The van der Waals surface area contributed by atoms with Crippen LogP contribution >= 0.6 is 0 Å². The van der Waals surface area contributed by atoms with Gasteiger partial charge in [-0.2, -0.15) is 0 Å². The molecule has 1 rings (SSSR count). The van der Waals surface area contributed by atoms with Crippen LogP contribution in [0.1, 0.15) is 58.4 Å². The number of aromatic nitrogens is 2. The van der Waals surface area contributed by atoms with Gasteiger partial charge in [-0.15, -0.1) is 0 Å². The lowest BCUT2D eigenvalue weighted by Crippen LogP contribution is -2.27. The second-order valence-corrected chi connectivity index (χ2v) is 4.84. The maximum absolute atomic E-state index is 4.52. The highest BCUT2D eigenvalue weighted by Crippen LogP contribution is 2.11. The Morgan fingerprint density at radius 1 is 0.889 bits per heavy atom. The van der Waals surface area contributed by atoms with Crippen LogP contribution < -0.4 is 4.90 Å². The lowest BCUT2D eigenvalue weighted by molar-refractivity contribution is 0.662. The fourth-order valence-electron chi connectivity index (χ4n) is 1.94. The van der Waals surface area contributed by atoms with Gasteiger partial charge in [0.1, 0.15) is 0 Å². The molecule has 0 saturated heterocycles. The lowest BCUT2D eigenvalue weighted by atomic mass is 10.2. The zero-order valence-electron chi connectivity index (χ0n) is 12.2. The molecule has 0 fully saturated rings. The van der Waals surface area contributed by atoms with Crippen LogP contribution in [0.5, 0.6) is 0 Å².